The van der Waals surface area contributed by atoms with Crippen LogP contribution in [0.3, 0.4) is 0 Å². The van der Waals surface area contributed by atoms with Crippen LogP contribution in [-0.2, 0) is 4.79 Å². The number of hydrazone groups is 1. The Morgan fingerprint density at radius 2 is 1.52 bits per heavy atom. The summed E-state index contributed by atoms with van der Waals surface area (Å²) < 4.78 is 1.68. The number of thioether (sulfide) groups is 2. The Morgan fingerprint density at radius 1 is 0.881 bits per heavy atom. The predicted octanol–water partition coefficient (Wildman–Crippen LogP) is 6.36. The van der Waals surface area contributed by atoms with Gasteiger partial charge in [-0.25, -0.2) is 9.98 Å². The second-order valence-corrected chi connectivity index (χ2v) is 12.0. The first-order valence-corrected chi connectivity index (χ1v) is 15.5. The van der Waals surface area contributed by atoms with Gasteiger partial charge in [0.25, 0.3) is 11.5 Å². The Labute approximate surface area is 251 Å². The SMILES string of the molecule is CCSc1nc2c(c(=O)n1-c1ccccc1)C(c1ccccc1)N1C(C3C(=O)N(c4ccccc4)N=C3C)=CSC1=N2. The van der Waals surface area contributed by atoms with Crippen molar-refractivity contribution in [2.24, 2.45) is 16.0 Å². The number of hydrogen-bond acceptors (Lipinski definition) is 8. The molecule has 0 fully saturated rings. The second kappa shape index (κ2) is 10.8. The van der Waals surface area contributed by atoms with Crippen molar-refractivity contribution >= 4 is 51.8 Å². The third-order valence-corrected chi connectivity index (χ3v) is 9.08. The maximum absolute atomic E-state index is 14.6. The van der Waals surface area contributed by atoms with Crippen LogP contribution in [0.5, 0.6) is 0 Å². The summed E-state index contributed by atoms with van der Waals surface area (Å²) in [5.74, 6) is 0.416. The van der Waals surface area contributed by atoms with Crippen molar-refractivity contribution < 1.29 is 4.79 Å². The largest absolute Gasteiger partial charge is 0.311 e. The van der Waals surface area contributed by atoms with E-state index in [1.165, 1.54) is 28.5 Å². The van der Waals surface area contributed by atoms with E-state index in [1.807, 2.05) is 115 Å². The normalized spacial score (nSPS) is 19.3. The predicted molar refractivity (Wildman–Crippen MR) is 170 cm³/mol. The summed E-state index contributed by atoms with van der Waals surface area (Å²) in [5, 5.41) is 9.36. The highest BCUT2D eigenvalue weighted by Gasteiger charge is 2.47. The summed E-state index contributed by atoms with van der Waals surface area (Å²) in [6, 6.07) is 28.4. The Balaban J connectivity index is 1.40. The number of carbonyl (C=O) groups excluding carboxylic acids is 1. The van der Waals surface area contributed by atoms with Crippen molar-refractivity contribution in [1.29, 1.82) is 0 Å². The summed E-state index contributed by atoms with van der Waals surface area (Å²) >= 11 is 2.95. The summed E-state index contributed by atoms with van der Waals surface area (Å²) in [6.07, 6.45) is 0. The Hall–Kier alpha value is -4.41. The minimum atomic E-state index is -0.614. The number of carbonyl (C=O) groups is 1. The van der Waals surface area contributed by atoms with Crippen molar-refractivity contribution in [3.05, 3.63) is 124 Å². The minimum Gasteiger partial charge on any atom is -0.311 e. The molecule has 4 aromatic rings. The number of anilines is 1. The van der Waals surface area contributed by atoms with E-state index in [9.17, 15) is 9.59 Å². The van der Waals surface area contributed by atoms with Crippen LogP contribution >= 0.6 is 23.5 Å². The number of rotatable bonds is 6. The van der Waals surface area contributed by atoms with E-state index in [4.69, 9.17) is 9.98 Å². The third kappa shape index (κ3) is 4.29. The number of amidine groups is 1. The van der Waals surface area contributed by atoms with Crippen molar-refractivity contribution in [3.63, 3.8) is 0 Å². The number of aliphatic imine (C=N–C) groups is 1. The van der Waals surface area contributed by atoms with Gasteiger partial charge >= 0.3 is 0 Å². The number of benzene rings is 3. The van der Waals surface area contributed by atoms with E-state index in [0.29, 0.717) is 33.1 Å². The van der Waals surface area contributed by atoms with Gasteiger partial charge in [0, 0.05) is 5.70 Å². The van der Waals surface area contributed by atoms with Crippen LogP contribution < -0.4 is 10.6 Å². The molecule has 3 aromatic carbocycles. The molecule has 3 aliphatic heterocycles. The lowest BCUT2D eigenvalue weighted by atomic mass is 9.93. The van der Waals surface area contributed by atoms with E-state index in [0.717, 1.165) is 22.7 Å². The fraction of sp³-hybridized carbons (Fsp3) is 0.156. The van der Waals surface area contributed by atoms with Crippen molar-refractivity contribution in [1.82, 2.24) is 14.5 Å². The monoisotopic (exact) mass is 590 g/mol. The zero-order chi connectivity index (χ0) is 28.8. The zero-order valence-electron chi connectivity index (χ0n) is 22.9. The first-order chi connectivity index (χ1) is 20.6. The first-order valence-electron chi connectivity index (χ1n) is 13.7. The highest BCUT2D eigenvalue weighted by Crippen LogP contribution is 2.48. The maximum Gasteiger partial charge on any atom is 0.266 e. The van der Waals surface area contributed by atoms with Gasteiger partial charge in [0.15, 0.2) is 16.1 Å². The van der Waals surface area contributed by atoms with Gasteiger partial charge in [0.2, 0.25) is 0 Å². The minimum absolute atomic E-state index is 0.140. The van der Waals surface area contributed by atoms with Crippen LogP contribution in [0, 0.1) is 5.92 Å². The average molecular weight is 591 g/mol. The lowest BCUT2D eigenvalue weighted by molar-refractivity contribution is -0.119. The Kier molecular flexibility index (Phi) is 6.79. The van der Waals surface area contributed by atoms with E-state index in [2.05, 4.69) is 5.10 Å². The standard InChI is InChI=1S/C32H26N6O2S2/c1-3-41-31-33-28-26(29(39)36(31)22-15-9-5-10-16-22)27(21-13-7-4-8-14-21)37-24(19-42-32(37)34-28)25-20(2)35-38(30(25)40)23-17-11-6-12-18-23/h4-19,25,27H,3H2,1-2H3. The molecule has 0 N–H and O–H groups in total. The zero-order valence-corrected chi connectivity index (χ0v) is 24.5. The molecular weight excluding hydrogens is 565 g/mol. The number of aromatic nitrogens is 2. The number of para-hydroxylation sites is 2. The lowest BCUT2D eigenvalue weighted by Gasteiger charge is -2.37. The van der Waals surface area contributed by atoms with Crippen LogP contribution in [0.15, 0.2) is 122 Å². The van der Waals surface area contributed by atoms with Crippen LogP contribution in [0.25, 0.3) is 5.69 Å². The summed E-state index contributed by atoms with van der Waals surface area (Å²) in [4.78, 5) is 40.4. The molecule has 0 aliphatic carbocycles. The molecule has 208 valence electrons. The van der Waals surface area contributed by atoms with E-state index in [1.54, 1.807) is 4.57 Å². The molecule has 2 atom stereocenters. The molecule has 42 heavy (non-hydrogen) atoms. The molecule has 0 bridgehead atoms. The van der Waals surface area contributed by atoms with Gasteiger partial charge < -0.3 is 4.90 Å². The van der Waals surface area contributed by atoms with Gasteiger partial charge in [-0.3, -0.25) is 14.2 Å². The van der Waals surface area contributed by atoms with Crippen LogP contribution in [0.4, 0.5) is 11.5 Å². The van der Waals surface area contributed by atoms with Crippen LogP contribution in [-0.4, -0.2) is 37.0 Å². The number of fused-ring (bicyclic) bond motifs is 2. The van der Waals surface area contributed by atoms with Gasteiger partial charge in [-0.05, 0) is 47.9 Å². The van der Waals surface area contributed by atoms with Gasteiger partial charge in [0.05, 0.1) is 28.7 Å². The highest BCUT2D eigenvalue weighted by atomic mass is 32.2. The van der Waals surface area contributed by atoms with Gasteiger partial charge in [-0.15, -0.1) is 0 Å². The molecule has 0 saturated heterocycles. The number of hydrogen-bond donors (Lipinski definition) is 0. The smallest absolute Gasteiger partial charge is 0.266 e. The summed E-state index contributed by atoms with van der Waals surface area (Å²) in [5.41, 5.74) is 4.10. The molecule has 7 rings (SSSR count). The third-order valence-electron chi connectivity index (χ3n) is 7.40. The molecule has 0 radical (unpaired) electrons. The van der Waals surface area contributed by atoms with Gasteiger partial charge in [-0.1, -0.05) is 97.2 Å². The Bertz CT molecular complexity index is 1840. The van der Waals surface area contributed by atoms with Crippen molar-refractivity contribution in [2.45, 2.75) is 25.0 Å². The fourth-order valence-electron chi connectivity index (χ4n) is 5.57. The molecule has 8 nitrogen and oxygen atoms in total. The molecule has 4 heterocycles. The number of amides is 1. The molecule has 1 amide bonds. The first kappa shape index (κ1) is 26.5. The Morgan fingerprint density at radius 3 is 2.19 bits per heavy atom. The average Bonchev–Trinajstić information content (AvgIpc) is 3.56. The van der Waals surface area contributed by atoms with Crippen LogP contribution in [0.2, 0.25) is 0 Å². The summed E-state index contributed by atoms with van der Waals surface area (Å²) in [7, 11) is 0. The molecule has 2 unspecified atom stereocenters. The van der Waals surface area contributed by atoms with E-state index >= 15 is 0 Å². The van der Waals surface area contributed by atoms with E-state index in [-0.39, 0.29) is 11.5 Å². The maximum atomic E-state index is 14.6. The second-order valence-electron chi connectivity index (χ2n) is 9.94. The van der Waals surface area contributed by atoms with E-state index < -0.39 is 12.0 Å². The molecule has 1 aromatic heterocycles. The molecule has 10 heteroatoms. The van der Waals surface area contributed by atoms with Crippen LogP contribution in [0.1, 0.15) is 31.0 Å². The highest BCUT2D eigenvalue weighted by molar-refractivity contribution is 8.16. The topological polar surface area (TPSA) is 83.2 Å². The van der Waals surface area contributed by atoms with Crippen molar-refractivity contribution in [2.75, 3.05) is 10.8 Å². The van der Waals surface area contributed by atoms with Gasteiger partial charge in [-0.2, -0.15) is 10.1 Å². The van der Waals surface area contributed by atoms with Gasteiger partial charge in [0.1, 0.15) is 5.92 Å². The quantitative estimate of drug-likeness (QED) is 0.192. The molecule has 3 aliphatic rings. The van der Waals surface area contributed by atoms with Crippen molar-refractivity contribution in [3.8, 4) is 5.69 Å². The molecule has 0 spiro atoms. The molecular formula is C32H26N6O2S2. The lowest BCUT2D eigenvalue weighted by Crippen LogP contribution is -2.42. The molecule has 0 saturated carbocycles. The summed E-state index contributed by atoms with van der Waals surface area (Å²) in [6.45, 7) is 3.91. The fourth-order valence-corrected chi connectivity index (χ4v) is 7.24. The number of nitrogens with zero attached hydrogens (tertiary/aromatic N) is 6.